The van der Waals surface area contributed by atoms with Crippen molar-refractivity contribution in [2.75, 3.05) is 26.8 Å². The molecule has 1 aliphatic rings. The van der Waals surface area contributed by atoms with Gasteiger partial charge in [0.15, 0.2) is 0 Å². The molecule has 0 atom stereocenters. The van der Waals surface area contributed by atoms with Gasteiger partial charge in [-0.3, -0.25) is 9.59 Å². The van der Waals surface area contributed by atoms with E-state index < -0.39 is 0 Å². The van der Waals surface area contributed by atoms with Crippen LogP contribution in [0.3, 0.4) is 0 Å². The molecule has 7 heteroatoms. The van der Waals surface area contributed by atoms with E-state index in [1.807, 2.05) is 42.2 Å². The average molecular weight is 441 g/mol. The monoisotopic (exact) mass is 440 g/mol. The minimum absolute atomic E-state index is 0.0249. The maximum absolute atomic E-state index is 13.4. The molecule has 3 heterocycles. The quantitative estimate of drug-likeness (QED) is 0.530. The van der Waals surface area contributed by atoms with Crippen LogP contribution in [0, 0.1) is 12.8 Å². The van der Waals surface area contributed by atoms with Gasteiger partial charge >= 0.3 is 5.97 Å². The number of thiophene rings is 1. The molecule has 0 unspecified atom stereocenters. The number of carbonyl (C=O) groups is 2. The molecule has 0 spiro atoms. The lowest BCUT2D eigenvalue weighted by molar-refractivity contribution is -0.149. The summed E-state index contributed by atoms with van der Waals surface area (Å²) in [5.74, 6) is 0.583. The van der Waals surface area contributed by atoms with Crippen LogP contribution in [0.25, 0.3) is 10.2 Å². The molecular formula is C24H28N2O4S. The Bertz CT molecular complexity index is 1080. The Hall–Kier alpha value is -2.80. The number of nitrogens with zero attached hydrogens (tertiary/aromatic N) is 2. The predicted molar refractivity (Wildman–Crippen MR) is 122 cm³/mol. The maximum atomic E-state index is 13.4. The number of amides is 1. The van der Waals surface area contributed by atoms with Gasteiger partial charge in [-0.2, -0.15) is 0 Å². The van der Waals surface area contributed by atoms with Gasteiger partial charge in [0.05, 0.1) is 29.9 Å². The zero-order valence-corrected chi connectivity index (χ0v) is 19.0. The molecule has 1 fully saturated rings. The Morgan fingerprint density at radius 2 is 1.84 bits per heavy atom. The number of ether oxygens (including phenoxy) is 2. The van der Waals surface area contributed by atoms with Crippen LogP contribution in [0.1, 0.15) is 40.7 Å². The fourth-order valence-corrected chi connectivity index (χ4v) is 5.13. The van der Waals surface area contributed by atoms with E-state index in [1.54, 1.807) is 18.4 Å². The van der Waals surface area contributed by atoms with Gasteiger partial charge in [-0.15, -0.1) is 11.3 Å². The highest BCUT2D eigenvalue weighted by Gasteiger charge is 2.30. The molecular weight excluding hydrogens is 412 g/mol. The Morgan fingerprint density at radius 1 is 1.13 bits per heavy atom. The number of methoxy groups -OCH3 is 1. The lowest BCUT2D eigenvalue weighted by atomic mass is 9.97. The standard InChI is InChI=1S/C24H28N2O4S/c1-4-30-24(28)18-9-11-25(12-10-18)23(27)21-14-22-20(13-16(2)31-22)26(21)15-17-5-7-19(29-3)8-6-17/h5-8,13-14,18H,4,9-12,15H2,1-3H3. The maximum Gasteiger partial charge on any atom is 0.309 e. The van der Waals surface area contributed by atoms with Gasteiger partial charge in [0.1, 0.15) is 11.4 Å². The largest absolute Gasteiger partial charge is 0.497 e. The van der Waals surface area contributed by atoms with Crippen LogP contribution in [-0.2, 0) is 16.1 Å². The van der Waals surface area contributed by atoms with E-state index >= 15 is 0 Å². The Kier molecular flexibility index (Phi) is 6.32. The highest BCUT2D eigenvalue weighted by atomic mass is 32.1. The molecule has 1 saturated heterocycles. The molecule has 31 heavy (non-hydrogen) atoms. The number of carbonyl (C=O) groups excluding carboxylic acids is 2. The number of aryl methyl sites for hydroxylation is 1. The van der Waals surface area contributed by atoms with E-state index in [4.69, 9.17) is 9.47 Å². The number of rotatable bonds is 6. The molecule has 0 aliphatic carbocycles. The first kappa shape index (κ1) is 21.4. The molecule has 0 radical (unpaired) electrons. The van der Waals surface area contributed by atoms with E-state index in [-0.39, 0.29) is 17.8 Å². The fraction of sp³-hybridized carbons (Fsp3) is 0.417. The van der Waals surface area contributed by atoms with Crippen LogP contribution in [-0.4, -0.2) is 48.1 Å². The van der Waals surface area contributed by atoms with Crippen molar-refractivity contribution in [3.63, 3.8) is 0 Å². The zero-order chi connectivity index (χ0) is 22.0. The fourth-order valence-electron chi connectivity index (χ4n) is 4.17. The van der Waals surface area contributed by atoms with Crippen molar-refractivity contribution in [2.45, 2.75) is 33.2 Å². The molecule has 0 saturated carbocycles. The first-order valence-electron chi connectivity index (χ1n) is 10.7. The lowest BCUT2D eigenvalue weighted by Gasteiger charge is -2.31. The van der Waals surface area contributed by atoms with Crippen LogP contribution in [0.5, 0.6) is 5.75 Å². The third-order valence-corrected chi connectivity index (χ3v) is 6.82. The predicted octanol–water partition coefficient (Wildman–Crippen LogP) is 4.48. The van der Waals surface area contributed by atoms with Crippen molar-refractivity contribution < 1.29 is 19.1 Å². The van der Waals surface area contributed by atoms with Crippen LogP contribution in [0.2, 0.25) is 0 Å². The van der Waals surface area contributed by atoms with Crippen molar-refractivity contribution >= 4 is 33.4 Å². The normalized spacial score (nSPS) is 14.7. The first-order chi connectivity index (χ1) is 15.0. The summed E-state index contributed by atoms with van der Waals surface area (Å²) in [5.41, 5.74) is 2.90. The van der Waals surface area contributed by atoms with Gasteiger partial charge in [0.2, 0.25) is 0 Å². The molecule has 1 aromatic carbocycles. The number of hydrogen-bond acceptors (Lipinski definition) is 5. The van der Waals surface area contributed by atoms with Gasteiger partial charge < -0.3 is 18.9 Å². The molecule has 0 N–H and O–H groups in total. The molecule has 1 amide bonds. The van der Waals surface area contributed by atoms with Crippen molar-refractivity contribution in [3.8, 4) is 5.75 Å². The molecule has 4 rings (SSSR count). The van der Waals surface area contributed by atoms with E-state index in [1.165, 1.54) is 4.88 Å². The third-order valence-electron chi connectivity index (χ3n) is 5.83. The second kappa shape index (κ2) is 9.14. The van der Waals surface area contributed by atoms with Crippen molar-refractivity contribution in [3.05, 3.63) is 52.5 Å². The van der Waals surface area contributed by atoms with Crippen molar-refractivity contribution in [1.82, 2.24) is 9.47 Å². The van der Waals surface area contributed by atoms with Crippen LogP contribution in [0.15, 0.2) is 36.4 Å². The number of benzene rings is 1. The molecule has 1 aliphatic heterocycles. The first-order valence-corrected chi connectivity index (χ1v) is 11.5. The van der Waals surface area contributed by atoms with E-state index in [2.05, 4.69) is 17.6 Å². The minimum atomic E-state index is -0.145. The summed E-state index contributed by atoms with van der Waals surface area (Å²) in [7, 11) is 1.65. The molecule has 0 bridgehead atoms. The SMILES string of the molecule is CCOC(=O)C1CCN(C(=O)c2cc3sc(C)cc3n2Cc2ccc(OC)cc2)CC1. The summed E-state index contributed by atoms with van der Waals surface area (Å²) in [4.78, 5) is 28.6. The van der Waals surface area contributed by atoms with Gasteiger partial charge in [-0.25, -0.2) is 0 Å². The molecule has 164 valence electrons. The highest BCUT2D eigenvalue weighted by molar-refractivity contribution is 7.19. The number of esters is 1. The van der Waals surface area contributed by atoms with E-state index in [9.17, 15) is 9.59 Å². The van der Waals surface area contributed by atoms with Crippen LogP contribution in [0.4, 0.5) is 0 Å². The minimum Gasteiger partial charge on any atom is -0.497 e. The van der Waals surface area contributed by atoms with E-state index in [0.717, 1.165) is 21.5 Å². The smallest absolute Gasteiger partial charge is 0.309 e. The topological polar surface area (TPSA) is 60.8 Å². The second-order valence-corrected chi connectivity index (χ2v) is 9.18. The highest BCUT2D eigenvalue weighted by Crippen LogP contribution is 2.31. The Labute approximate surface area is 186 Å². The number of aromatic nitrogens is 1. The second-order valence-electron chi connectivity index (χ2n) is 7.89. The van der Waals surface area contributed by atoms with Crippen molar-refractivity contribution in [1.29, 1.82) is 0 Å². The third kappa shape index (κ3) is 4.46. The van der Waals surface area contributed by atoms with Crippen LogP contribution < -0.4 is 4.74 Å². The molecule has 2 aromatic heterocycles. The number of hydrogen-bond donors (Lipinski definition) is 0. The van der Waals surface area contributed by atoms with Gasteiger partial charge in [-0.1, -0.05) is 12.1 Å². The number of fused-ring (bicyclic) bond motifs is 1. The van der Waals surface area contributed by atoms with Gasteiger partial charge in [0, 0.05) is 24.5 Å². The number of piperidine rings is 1. The van der Waals surface area contributed by atoms with E-state index in [0.29, 0.717) is 44.8 Å². The van der Waals surface area contributed by atoms with Crippen molar-refractivity contribution in [2.24, 2.45) is 5.92 Å². The summed E-state index contributed by atoms with van der Waals surface area (Å²) < 4.78 is 13.6. The number of likely N-dealkylation sites (tertiary alicyclic amines) is 1. The Morgan fingerprint density at radius 3 is 2.48 bits per heavy atom. The lowest BCUT2D eigenvalue weighted by Crippen LogP contribution is -2.41. The molecule has 6 nitrogen and oxygen atoms in total. The van der Waals surface area contributed by atoms with Gasteiger partial charge in [0.25, 0.3) is 5.91 Å². The van der Waals surface area contributed by atoms with Gasteiger partial charge in [-0.05, 0) is 56.5 Å². The summed E-state index contributed by atoms with van der Waals surface area (Å²) in [6.45, 7) is 6.06. The average Bonchev–Trinajstić information content (AvgIpc) is 3.31. The molecule has 3 aromatic rings. The summed E-state index contributed by atoms with van der Waals surface area (Å²) in [5, 5.41) is 0. The summed E-state index contributed by atoms with van der Waals surface area (Å²) >= 11 is 1.70. The Balaban J connectivity index is 1.57. The summed E-state index contributed by atoms with van der Waals surface area (Å²) in [6.07, 6.45) is 1.30. The zero-order valence-electron chi connectivity index (χ0n) is 18.2. The summed E-state index contributed by atoms with van der Waals surface area (Å²) in [6, 6.07) is 12.1. The van der Waals surface area contributed by atoms with Crippen LogP contribution >= 0.6 is 11.3 Å².